The summed E-state index contributed by atoms with van der Waals surface area (Å²) in [4.78, 5) is 11.7. The molecule has 0 aromatic heterocycles. The van der Waals surface area contributed by atoms with Crippen molar-refractivity contribution < 1.29 is 14.3 Å². The summed E-state index contributed by atoms with van der Waals surface area (Å²) >= 11 is 0. The van der Waals surface area contributed by atoms with Crippen molar-refractivity contribution in [2.24, 2.45) is 0 Å². The lowest BCUT2D eigenvalue weighted by Gasteiger charge is -2.15. The van der Waals surface area contributed by atoms with Gasteiger partial charge in [-0.05, 0) is 24.6 Å². The molecular weight excluding hydrogens is 244 g/mol. The number of nitrogens with one attached hydrogen (secondary N) is 2. The minimum atomic E-state index is -0.0492. The van der Waals surface area contributed by atoms with E-state index >= 15 is 0 Å². The minimum absolute atomic E-state index is 0.0357. The van der Waals surface area contributed by atoms with Crippen LogP contribution in [0, 0.1) is 0 Å². The van der Waals surface area contributed by atoms with E-state index in [-0.39, 0.29) is 18.5 Å². The van der Waals surface area contributed by atoms with Gasteiger partial charge in [0.1, 0.15) is 5.75 Å². The quantitative estimate of drug-likeness (QED) is 0.692. The lowest BCUT2D eigenvalue weighted by atomic mass is 10.1. The summed E-state index contributed by atoms with van der Waals surface area (Å²) in [5, 5.41) is 5.93. The lowest BCUT2D eigenvalue weighted by molar-refractivity contribution is -0.120. The second-order valence-electron chi connectivity index (χ2n) is 4.24. The number of hydrogen-bond acceptors (Lipinski definition) is 4. The first-order valence-electron chi connectivity index (χ1n) is 6.30. The third-order valence-corrected chi connectivity index (χ3v) is 2.74. The first kappa shape index (κ1) is 15.5. The van der Waals surface area contributed by atoms with E-state index in [0.717, 1.165) is 11.3 Å². The molecule has 2 N–H and O–H groups in total. The Morgan fingerprint density at radius 1 is 1.37 bits per heavy atom. The normalized spacial score (nSPS) is 11.9. The van der Waals surface area contributed by atoms with Crippen molar-refractivity contribution in [3.63, 3.8) is 0 Å². The van der Waals surface area contributed by atoms with Crippen LogP contribution in [0.5, 0.6) is 5.75 Å². The fourth-order valence-electron chi connectivity index (χ4n) is 1.66. The van der Waals surface area contributed by atoms with Gasteiger partial charge in [-0.2, -0.15) is 0 Å². The Hall–Kier alpha value is -1.59. The fourth-order valence-corrected chi connectivity index (χ4v) is 1.66. The SMILES string of the molecule is COCCNCC(=O)NC(C)c1cccc(OC)c1. The van der Waals surface area contributed by atoms with Crippen LogP contribution in [0.4, 0.5) is 0 Å². The molecule has 106 valence electrons. The van der Waals surface area contributed by atoms with Gasteiger partial charge in [-0.1, -0.05) is 12.1 Å². The van der Waals surface area contributed by atoms with Gasteiger partial charge in [0, 0.05) is 13.7 Å². The number of carbonyl (C=O) groups excluding carboxylic acids is 1. The van der Waals surface area contributed by atoms with Gasteiger partial charge in [-0.25, -0.2) is 0 Å². The number of methoxy groups -OCH3 is 2. The molecule has 0 saturated carbocycles. The number of ether oxygens (including phenoxy) is 2. The second-order valence-corrected chi connectivity index (χ2v) is 4.24. The van der Waals surface area contributed by atoms with Crippen molar-refractivity contribution in [3.05, 3.63) is 29.8 Å². The molecule has 0 heterocycles. The van der Waals surface area contributed by atoms with Crippen molar-refractivity contribution in [3.8, 4) is 5.75 Å². The fraction of sp³-hybridized carbons (Fsp3) is 0.500. The van der Waals surface area contributed by atoms with Crippen LogP contribution in [-0.2, 0) is 9.53 Å². The molecule has 5 heteroatoms. The van der Waals surface area contributed by atoms with Gasteiger partial charge < -0.3 is 20.1 Å². The number of rotatable bonds is 8. The maximum absolute atomic E-state index is 11.7. The Bertz CT molecular complexity index is 396. The highest BCUT2D eigenvalue weighted by molar-refractivity contribution is 5.78. The maximum Gasteiger partial charge on any atom is 0.234 e. The van der Waals surface area contributed by atoms with Gasteiger partial charge in [0.25, 0.3) is 0 Å². The average Bonchev–Trinajstić information content (AvgIpc) is 2.43. The number of hydrogen-bond donors (Lipinski definition) is 2. The van der Waals surface area contributed by atoms with Gasteiger partial charge in [0.2, 0.25) is 5.91 Å². The summed E-state index contributed by atoms with van der Waals surface area (Å²) < 4.78 is 10.1. The van der Waals surface area contributed by atoms with Crippen LogP contribution in [0.15, 0.2) is 24.3 Å². The molecule has 0 aliphatic rings. The third-order valence-electron chi connectivity index (χ3n) is 2.74. The van der Waals surface area contributed by atoms with Crippen molar-refractivity contribution >= 4 is 5.91 Å². The Morgan fingerprint density at radius 3 is 2.84 bits per heavy atom. The molecule has 1 aromatic carbocycles. The van der Waals surface area contributed by atoms with E-state index in [2.05, 4.69) is 10.6 Å². The molecule has 0 bridgehead atoms. The van der Waals surface area contributed by atoms with Crippen LogP contribution in [0.3, 0.4) is 0 Å². The topological polar surface area (TPSA) is 59.6 Å². The van der Waals surface area contributed by atoms with E-state index in [9.17, 15) is 4.79 Å². The van der Waals surface area contributed by atoms with Gasteiger partial charge in [-0.3, -0.25) is 4.79 Å². The standard InChI is InChI=1S/C14H22N2O3/c1-11(12-5-4-6-13(9-12)19-3)16-14(17)10-15-7-8-18-2/h4-6,9,11,15H,7-8,10H2,1-3H3,(H,16,17). The second kappa shape index (κ2) is 8.50. The predicted molar refractivity (Wildman–Crippen MR) is 74.3 cm³/mol. The van der Waals surface area contributed by atoms with E-state index in [1.54, 1.807) is 14.2 Å². The molecule has 0 spiro atoms. The van der Waals surface area contributed by atoms with Crippen molar-refractivity contribution in [1.82, 2.24) is 10.6 Å². The van der Waals surface area contributed by atoms with Gasteiger partial charge in [0.05, 0.1) is 26.3 Å². The van der Waals surface area contributed by atoms with Gasteiger partial charge >= 0.3 is 0 Å². The monoisotopic (exact) mass is 266 g/mol. The number of carbonyl (C=O) groups is 1. The first-order valence-corrected chi connectivity index (χ1v) is 6.30. The first-order chi connectivity index (χ1) is 9.17. The summed E-state index contributed by atoms with van der Waals surface area (Å²) in [7, 11) is 3.26. The molecule has 0 aliphatic carbocycles. The third kappa shape index (κ3) is 5.72. The maximum atomic E-state index is 11.7. The van der Waals surface area contributed by atoms with Gasteiger partial charge in [-0.15, -0.1) is 0 Å². The average molecular weight is 266 g/mol. The smallest absolute Gasteiger partial charge is 0.234 e. The van der Waals surface area contributed by atoms with E-state index < -0.39 is 0 Å². The van der Waals surface area contributed by atoms with E-state index in [0.29, 0.717) is 13.2 Å². The molecule has 1 amide bonds. The lowest BCUT2D eigenvalue weighted by Crippen LogP contribution is -2.36. The Kier molecular flexibility index (Phi) is 6.92. The van der Waals surface area contributed by atoms with E-state index in [1.165, 1.54) is 0 Å². The summed E-state index contributed by atoms with van der Waals surface area (Å²) in [5.41, 5.74) is 1.02. The molecule has 1 aromatic rings. The molecule has 5 nitrogen and oxygen atoms in total. The van der Waals surface area contributed by atoms with E-state index in [1.807, 2.05) is 31.2 Å². The molecule has 0 radical (unpaired) electrons. The van der Waals surface area contributed by atoms with Crippen LogP contribution in [-0.4, -0.2) is 39.8 Å². The Labute approximate surface area is 114 Å². The molecular formula is C14H22N2O3. The highest BCUT2D eigenvalue weighted by Gasteiger charge is 2.09. The highest BCUT2D eigenvalue weighted by atomic mass is 16.5. The summed E-state index contributed by atoms with van der Waals surface area (Å²) in [6.07, 6.45) is 0. The summed E-state index contributed by atoms with van der Waals surface area (Å²) in [6.45, 7) is 3.50. The molecule has 0 saturated heterocycles. The number of amides is 1. The van der Waals surface area contributed by atoms with Gasteiger partial charge in [0.15, 0.2) is 0 Å². The zero-order valence-corrected chi connectivity index (χ0v) is 11.7. The number of benzene rings is 1. The molecule has 19 heavy (non-hydrogen) atoms. The zero-order chi connectivity index (χ0) is 14.1. The molecule has 0 aliphatic heterocycles. The summed E-state index contributed by atoms with van der Waals surface area (Å²) in [6, 6.07) is 7.62. The predicted octanol–water partition coefficient (Wildman–Crippen LogP) is 1.11. The van der Waals surface area contributed by atoms with Crippen LogP contribution in [0.2, 0.25) is 0 Å². The van der Waals surface area contributed by atoms with Crippen LogP contribution in [0.25, 0.3) is 0 Å². The highest BCUT2D eigenvalue weighted by Crippen LogP contribution is 2.18. The molecule has 1 unspecified atom stereocenters. The van der Waals surface area contributed by atoms with E-state index in [4.69, 9.17) is 9.47 Å². The molecule has 1 atom stereocenters. The largest absolute Gasteiger partial charge is 0.497 e. The Balaban J connectivity index is 2.40. The Morgan fingerprint density at radius 2 is 2.16 bits per heavy atom. The zero-order valence-electron chi connectivity index (χ0n) is 11.7. The summed E-state index contributed by atoms with van der Waals surface area (Å²) in [5.74, 6) is 0.753. The van der Waals surface area contributed by atoms with Crippen LogP contribution < -0.4 is 15.4 Å². The van der Waals surface area contributed by atoms with Crippen molar-refractivity contribution in [2.45, 2.75) is 13.0 Å². The van der Waals surface area contributed by atoms with Crippen molar-refractivity contribution in [1.29, 1.82) is 0 Å². The van der Waals surface area contributed by atoms with Crippen molar-refractivity contribution in [2.75, 3.05) is 33.9 Å². The molecule has 0 fully saturated rings. The minimum Gasteiger partial charge on any atom is -0.497 e. The molecule has 1 rings (SSSR count). The van der Waals surface area contributed by atoms with Crippen LogP contribution in [0.1, 0.15) is 18.5 Å². The van der Waals surface area contributed by atoms with Crippen LogP contribution >= 0.6 is 0 Å².